The van der Waals surface area contributed by atoms with Crippen molar-refractivity contribution >= 4 is 0 Å². The molecular weight excluding hydrogens is 154 g/mol. The highest BCUT2D eigenvalue weighted by Gasteiger charge is 1.99. The third-order valence-electron chi connectivity index (χ3n) is 1.70. The highest BCUT2D eigenvalue weighted by Crippen LogP contribution is 1.93. The molecule has 0 heterocycles. The fraction of sp³-hybridized carbons (Fsp3) is 1.00. The molecule has 3 heteroatoms. The van der Waals surface area contributed by atoms with Crippen molar-refractivity contribution in [3.63, 3.8) is 0 Å². The molecule has 2 N–H and O–H groups in total. The average Bonchev–Trinajstić information content (AvgIpc) is 2.05. The van der Waals surface area contributed by atoms with Crippen LogP contribution in [0.15, 0.2) is 0 Å². The highest BCUT2D eigenvalue weighted by molar-refractivity contribution is 4.58. The van der Waals surface area contributed by atoms with Crippen LogP contribution >= 0.6 is 0 Å². The Hall–Kier alpha value is -0.120. The summed E-state index contributed by atoms with van der Waals surface area (Å²) in [7, 11) is 1.70. The Balaban J connectivity index is 2.97. The number of hydrogen-bond acceptors (Lipinski definition) is 3. The summed E-state index contributed by atoms with van der Waals surface area (Å²) in [6, 6.07) is 0. The van der Waals surface area contributed by atoms with Gasteiger partial charge in [-0.25, -0.2) is 0 Å². The van der Waals surface area contributed by atoms with Gasteiger partial charge in [-0.3, -0.25) is 0 Å². The predicted octanol–water partition coefficient (Wildman–Crippen LogP) is 0.774. The molecule has 0 radical (unpaired) electrons. The summed E-state index contributed by atoms with van der Waals surface area (Å²) < 4.78 is 4.89. The van der Waals surface area contributed by atoms with E-state index < -0.39 is 0 Å². The number of ether oxygens (including phenoxy) is 1. The smallest absolute Gasteiger partial charge is 0.0664 e. The second-order valence-electron chi connectivity index (χ2n) is 2.99. The summed E-state index contributed by atoms with van der Waals surface area (Å²) in [5.41, 5.74) is 0. The number of rotatable bonds is 8. The molecule has 0 aromatic rings. The van der Waals surface area contributed by atoms with Crippen molar-refractivity contribution < 1.29 is 9.84 Å². The van der Waals surface area contributed by atoms with Crippen molar-refractivity contribution in [2.24, 2.45) is 0 Å². The zero-order chi connectivity index (χ0) is 9.23. The van der Waals surface area contributed by atoms with E-state index in [1.807, 2.05) is 0 Å². The van der Waals surface area contributed by atoms with Crippen LogP contribution in [0.25, 0.3) is 0 Å². The van der Waals surface area contributed by atoms with E-state index in [1.54, 1.807) is 7.11 Å². The molecule has 0 saturated carbocycles. The molecular formula is C9H21NO2. The van der Waals surface area contributed by atoms with Gasteiger partial charge in [0.05, 0.1) is 6.10 Å². The van der Waals surface area contributed by atoms with E-state index >= 15 is 0 Å². The molecule has 0 saturated heterocycles. The van der Waals surface area contributed by atoms with Gasteiger partial charge in [0, 0.05) is 20.3 Å². The minimum atomic E-state index is -0.183. The van der Waals surface area contributed by atoms with Gasteiger partial charge in [0.15, 0.2) is 0 Å². The van der Waals surface area contributed by atoms with Crippen LogP contribution in [0.4, 0.5) is 0 Å². The molecule has 0 aliphatic rings. The molecule has 12 heavy (non-hydrogen) atoms. The first kappa shape index (κ1) is 11.9. The average molecular weight is 175 g/mol. The Kier molecular flexibility index (Phi) is 8.88. The zero-order valence-corrected chi connectivity index (χ0v) is 8.18. The number of aliphatic hydroxyl groups is 1. The Morgan fingerprint density at radius 1 is 1.50 bits per heavy atom. The normalized spacial score (nSPS) is 13.2. The van der Waals surface area contributed by atoms with Gasteiger partial charge in [-0.2, -0.15) is 0 Å². The van der Waals surface area contributed by atoms with Crippen LogP contribution in [0.2, 0.25) is 0 Å². The Labute approximate surface area is 75.1 Å². The molecule has 0 bridgehead atoms. The topological polar surface area (TPSA) is 41.5 Å². The van der Waals surface area contributed by atoms with Crippen molar-refractivity contribution in [2.45, 2.75) is 32.3 Å². The van der Waals surface area contributed by atoms with Crippen LogP contribution in [-0.2, 0) is 4.74 Å². The Bertz CT molecular complexity index is 88.6. The molecule has 74 valence electrons. The minimum Gasteiger partial charge on any atom is -0.392 e. The molecule has 1 atom stereocenters. The Morgan fingerprint density at radius 3 is 2.83 bits per heavy atom. The fourth-order valence-electron chi connectivity index (χ4n) is 1.05. The molecule has 0 amide bonds. The van der Waals surface area contributed by atoms with Gasteiger partial charge >= 0.3 is 0 Å². The van der Waals surface area contributed by atoms with Gasteiger partial charge < -0.3 is 15.2 Å². The molecule has 0 fully saturated rings. The lowest BCUT2D eigenvalue weighted by Gasteiger charge is -2.09. The fourth-order valence-corrected chi connectivity index (χ4v) is 1.05. The summed E-state index contributed by atoms with van der Waals surface area (Å²) in [6.07, 6.45) is 2.76. The van der Waals surface area contributed by atoms with Gasteiger partial charge in [0.2, 0.25) is 0 Å². The van der Waals surface area contributed by atoms with Crippen LogP contribution < -0.4 is 5.32 Å². The van der Waals surface area contributed by atoms with E-state index in [1.165, 1.54) is 0 Å². The minimum absolute atomic E-state index is 0.183. The molecule has 0 aliphatic heterocycles. The first-order valence-corrected chi connectivity index (χ1v) is 4.69. The number of methoxy groups -OCH3 is 1. The summed E-state index contributed by atoms with van der Waals surface area (Å²) in [5, 5.41) is 12.5. The monoisotopic (exact) mass is 175 g/mol. The third-order valence-corrected chi connectivity index (χ3v) is 1.70. The van der Waals surface area contributed by atoms with E-state index in [2.05, 4.69) is 12.2 Å². The largest absolute Gasteiger partial charge is 0.392 e. The molecule has 0 aromatic carbocycles. The highest BCUT2D eigenvalue weighted by atomic mass is 16.5. The third kappa shape index (κ3) is 7.98. The summed E-state index contributed by atoms with van der Waals surface area (Å²) in [6.45, 7) is 4.50. The van der Waals surface area contributed by atoms with Crippen molar-refractivity contribution in [2.75, 3.05) is 26.8 Å². The lowest BCUT2D eigenvalue weighted by molar-refractivity contribution is 0.157. The lowest BCUT2D eigenvalue weighted by Crippen LogP contribution is -2.27. The molecule has 0 aromatic heterocycles. The number of nitrogens with one attached hydrogen (secondary N) is 1. The molecule has 0 rings (SSSR count). The first-order valence-electron chi connectivity index (χ1n) is 4.69. The second-order valence-corrected chi connectivity index (χ2v) is 2.99. The van der Waals surface area contributed by atoms with Crippen molar-refractivity contribution in [3.05, 3.63) is 0 Å². The van der Waals surface area contributed by atoms with Crippen molar-refractivity contribution in [1.29, 1.82) is 0 Å². The van der Waals surface area contributed by atoms with E-state index in [4.69, 9.17) is 4.74 Å². The molecule has 3 nitrogen and oxygen atoms in total. The maximum atomic E-state index is 9.31. The first-order chi connectivity index (χ1) is 5.81. The maximum Gasteiger partial charge on any atom is 0.0664 e. The van der Waals surface area contributed by atoms with E-state index in [0.717, 1.165) is 32.4 Å². The molecule has 1 unspecified atom stereocenters. The predicted molar refractivity (Wildman–Crippen MR) is 50.3 cm³/mol. The van der Waals surface area contributed by atoms with Crippen LogP contribution in [0, 0.1) is 0 Å². The quantitative estimate of drug-likeness (QED) is 0.535. The number of aliphatic hydroxyl groups excluding tert-OH is 1. The van der Waals surface area contributed by atoms with Crippen LogP contribution in [0.1, 0.15) is 26.2 Å². The zero-order valence-electron chi connectivity index (χ0n) is 8.18. The lowest BCUT2D eigenvalue weighted by atomic mass is 10.2. The van der Waals surface area contributed by atoms with Gasteiger partial charge in [-0.1, -0.05) is 13.3 Å². The van der Waals surface area contributed by atoms with Crippen LogP contribution in [0.5, 0.6) is 0 Å². The Morgan fingerprint density at radius 2 is 2.25 bits per heavy atom. The van der Waals surface area contributed by atoms with Crippen LogP contribution in [-0.4, -0.2) is 38.0 Å². The van der Waals surface area contributed by atoms with Crippen molar-refractivity contribution in [3.8, 4) is 0 Å². The molecule has 0 aliphatic carbocycles. The van der Waals surface area contributed by atoms with Crippen LogP contribution in [0.3, 0.4) is 0 Å². The van der Waals surface area contributed by atoms with E-state index in [-0.39, 0.29) is 6.10 Å². The van der Waals surface area contributed by atoms with Gasteiger partial charge in [-0.05, 0) is 19.4 Å². The summed E-state index contributed by atoms with van der Waals surface area (Å²) >= 11 is 0. The van der Waals surface area contributed by atoms with Gasteiger partial charge in [0.1, 0.15) is 0 Å². The van der Waals surface area contributed by atoms with Gasteiger partial charge in [-0.15, -0.1) is 0 Å². The van der Waals surface area contributed by atoms with Crippen molar-refractivity contribution in [1.82, 2.24) is 5.32 Å². The van der Waals surface area contributed by atoms with E-state index in [9.17, 15) is 5.11 Å². The maximum absolute atomic E-state index is 9.31. The SMILES string of the molecule is CCCC(O)CNCCCOC. The van der Waals surface area contributed by atoms with Gasteiger partial charge in [0.25, 0.3) is 0 Å². The number of hydrogen-bond donors (Lipinski definition) is 2. The second kappa shape index (κ2) is 8.97. The van der Waals surface area contributed by atoms with E-state index in [0.29, 0.717) is 6.54 Å². The summed E-state index contributed by atoms with van der Waals surface area (Å²) in [4.78, 5) is 0. The molecule has 0 spiro atoms. The standard InChI is InChI=1S/C9H21NO2/c1-3-5-9(11)8-10-6-4-7-12-2/h9-11H,3-8H2,1-2H3. The summed E-state index contributed by atoms with van der Waals surface area (Å²) in [5.74, 6) is 0.